The summed E-state index contributed by atoms with van der Waals surface area (Å²) < 4.78 is 11.3. The predicted octanol–water partition coefficient (Wildman–Crippen LogP) is 4.09. The molecule has 1 aliphatic heterocycles. The topological polar surface area (TPSA) is 64.6 Å². The van der Waals surface area contributed by atoms with Crippen LogP contribution in [-0.4, -0.2) is 18.7 Å². The standard InChI is InChI=1S/C17H14BrNO4/c18-12-5-7-13(8-6-12)19-17(21)23-15-4-2-1-3-14(15)11-9-16(20)22-10-11/h1-8,11H,9-10H2,(H,19,21)/t11-/m0/s1. The van der Waals surface area contributed by atoms with Crippen LogP contribution in [0, 0.1) is 0 Å². The average Bonchev–Trinajstić information content (AvgIpc) is 2.96. The Balaban J connectivity index is 1.71. The molecular formula is C17H14BrNO4. The molecule has 2 aromatic carbocycles. The highest BCUT2D eigenvalue weighted by molar-refractivity contribution is 9.10. The van der Waals surface area contributed by atoms with Crippen LogP contribution < -0.4 is 10.1 Å². The Morgan fingerprint density at radius 3 is 2.61 bits per heavy atom. The van der Waals surface area contributed by atoms with Crippen molar-refractivity contribution in [3.8, 4) is 5.75 Å². The summed E-state index contributed by atoms with van der Waals surface area (Å²) in [5.41, 5.74) is 1.43. The zero-order chi connectivity index (χ0) is 16.2. The van der Waals surface area contributed by atoms with Gasteiger partial charge in [0.25, 0.3) is 0 Å². The van der Waals surface area contributed by atoms with E-state index in [2.05, 4.69) is 21.2 Å². The van der Waals surface area contributed by atoms with Crippen molar-refractivity contribution in [1.82, 2.24) is 0 Å². The number of nitrogens with one attached hydrogen (secondary N) is 1. The third kappa shape index (κ3) is 3.90. The molecule has 118 valence electrons. The smallest absolute Gasteiger partial charge is 0.417 e. The summed E-state index contributed by atoms with van der Waals surface area (Å²) in [7, 11) is 0. The fourth-order valence-corrected chi connectivity index (χ4v) is 2.66. The van der Waals surface area contributed by atoms with Crippen LogP contribution >= 0.6 is 15.9 Å². The van der Waals surface area contributed by atoms with Crippen molar-refractivity contribution in [3.05, 3.63) is 58.6 Å². The largest absolute Gasteiger partial charge is 0.465 e. The number of carbonyl (C=O) groups is 2. The van der Waals surface area contributed by atoms with Crippen LogP contribution in [0.15, 0.2) is 53.0 Å². The first-order chi connectivity index (χ1) is 11.1. The minimum atomic E-state index is -0.579. The van der Waals surface area contributed by atoms with Gasteiger partial charge in [-0.05, 0) is 30.3 Å². The van der Waals surface area contributed by atoms with E-state index in [1.807, 2.05) is 24.3 Å². The number of halogens is 1. The molecular weight excluding hydrogens is 362 g/mol. The highest BCUT2D eigenvalue weighted by Gasteiger charge is 2.28. The van der Waals surface area contributed by atoms with E-state index in [-0.39, 0.29) is 11.9 Å². The van der Waals surface area contributed by atoms with Crippen molar-refractivity contribution in [2.75, 3.05) is 11.9 Å². The first-order valence-electron chi connectivity index (χ1n) is 7.11. The molecule has 1 heterocycles. The minimum Gasteiger partial charge on any atom is -0.465 e. The van der Waals surface area contributed by atoms with Gasteiger partial charge in [-0.3, -0.25) is 10.1 Å². The van der Waals surface area contributed by atoms with E-state index in [1.165, 1.54) is 0 Å². The van der Waals surface area contributed by atoms with Gasteiger partial charge in [0.05, 0.1) is 13.0 Å². The van der Waals surface area contributed by atoms with Gasteiger partial charge < -0.3 is 9.47 Å². The van der Waals surface area contributed by atoms with Gasteiger partial charge in [-0.25, -0.2) is 4.79 Å². The molecule has 1 N–H and O–H groups in total. The van der Waals surface area contributed by atoms with Crippen LogP contribution in [-0.2, 0) is 9.53 Å². The first kappa shape index (κ1) is 15.6. The molecule has 2 aromatic rings. The summed E-state index contributed by atoms with van der Waals surface area (Å²) in [6, 6.07) is 14.4. The Labute approximate surface area is 141 Å². The normalized spacial score (nSPS) is 16.7. The second-order valence-corrected chi connectivity index (χ2v) is 6.06. The van der Waals surface area contributed by atoms with Crippen molar-refractivity contribution in [2.45, 2.75) is 12.3 Å². The number of hydrogen-bond acceptors (Lipinski definition) is 4. The van der Waals surface area contributed by atoms with Crippen molar-refractivity contribution in [1.29, 1.82) is 0 Å². The first-order valence-corrected chi connectivity index (χ1v) is 7.90. The van der Waals surface area contributed by atoms with Gasteiger partial charge in [-0.2, -0.15) is 0 Å². The second kappa shape index (κ2) is 6.83. The SMILES string of the molecule is O=C1C[C@H](c2ccccc2OC(=O)Nc2ccc(Br)cc2)CO1. The molecule has 1 amide bonds. The number of benzene rings is 2. The van der Waals surface area contributed by atoms with E-state index in [0.717, 1.165) is 10.0 Å². The average molecular weight is 376 g/mol. The number of para-hydroxylation sites is 1. The molecule has 5 nitrogen and oxygen atoms in total. The summed E-state index contributed by atoms with van der Waals surface area (Å²) >= 11 is 3.33. The summed E-state index contributed by atoms with van der Waals surface area (Å²) in [6.45, 7) is 0.313. The molecule has 0 bridgehead atoms. The number of amides is 1. The maximum absolute atomic E-state index is 12.1. The highest BCUT2D eigenvalue weighted by Crippen LogP contribution is 2.33. The molecule has 0 unspecified atom stereocenters. The zero-order valence-corrected chi connectivity index (χ0v) is 13.7. The lowest BCUT2D eigenvalue weighted by atomic mass is 9.97. The van der Waals surface area contributed by atoms with E-state index in [0.29, 0.717) is 24.5 Å². The van der Waals surface area contributed by atoms with E-state index in [4.69, 9.17) is 9.47 Å². The van der Waals surface area contributed by atoms with Crippen molar-refractivity contribution >= 4 is 33.7 Å². The quantitative estimate of drug-likeness (QED) is 0.820. The number of carbonyl (C=O) groups excluding carboxylic acids is 2. The number of rotatable bonds is 3. The Kier molecular flexibility index (Phi) is 4.62. The van der Waals surface area contributed by atoms with Gasteiger partial charge in [0, 0.05) is 21.6 Å². The number of esters is 1. The van der Waals surface area contributed by atoms with E-state index < -0.39 is 6.09 Å². The van der Waals surface area contributed by atoms with Crippen LogP contribution in [0.4, 0.5) is 10.5 Å². The van der Waals surface area contributed by atoms with E-state index in [1.54, 1.807) is 24.3 Å². The van der Waals surface area contributed by atoms with Crippen LogP contribution in [0.5, 0.6) is 5.75 Å². The summed E-state index contributed by atoms with van der Waals surface area (Å²) in [5.74, 6) is 0.119. The molecule has 0 saturated carbocycles. The van der Waals surface area contributed by atoms with Crippen molar-refractivity contribution in [2.24, 2.45) is 0 Å². The van der Waals surface area contributed by atoms with Gasteiger partial charge in [-0.15, -0.1) is 0 Å². The fraction of sp³-hybridized carbons (Fsp3) is 0.176. The van der Waals surface area contributed by atoms with Crippen LogP contribution in [0.1, 0.15) is 17.9 Å². The minimum absolute atomic E-state index is 0.0841. The molecule has 1 saturated heterocycles. The van der Waals surface area contributed by atoms with E-state index in [9.17, 15) is 9.59 Å². The molecule has 1 atom stereocenters. The van der Waals surface area contributed by atoms with Crippen LogP contribution in [0.2, 0.25) is 0 Å². The third-order valence-corrected chi connectivity index (χ3v) is 4.04. The van der Waals surface area contributed by atoms with Gasteiger partial charge in [0.15, 0.2) is 0 Å². The lowest BCUT2D eigenvalue weighted by molar-refractivity contribution is -0.137. The maximum Gasteiger partial charge on any atom is 0.417 e. The molecule has 3 rings (SSSR count). The second-order valence-electron chi connectivity index (χ2n) is 5.14. The third-order valence-electron chi connectivity index (χ3n) is 3.51. The number of anilines is 1. The molecule has 0 aliphatic carbocycles. The summed E-state index contributed by atoms with van der Waals surface area (Å²) in [4.78, 5) is 23.3. The molecule has 0 spiro atoms. The Morgan fingerprint density at radius 2 is 1.91 bits per heavy atom. The number of hydrogen-bond donors (Lipinski definition) is 1. The Bertz CT molecular complexity index is 730. The summed E-state index contributed by atoms with van der Waals surface area (Å²) in [5, 5.41) is 2.66. The molecule has 23 heavy (non-hydrogen) atoms. The van der Waals surface area contributed by atoms with Crippen LogP contribution in [0.3, 0.4) is 0 Å². The van der Waals surface area contributed by atoms with Gasteiger partial charge >= 0.3 is 12.1 Å². The molecule has 1 aliphatic rings. The highest BCUT2D eigenvalue weighted by atomic mass is 79.9. The van der Waals surface area contributed by atoms with Crippen LogP contribution in [0.25, 0.3) is 0 Å². The number of cyclic esters (lactones) is 1. The lowest BCUT2D eigenvalue weighted by Crippen LogP contribution is -2.18. The molecule has 0 aromatic heterocycles. The monoisotopic (exact) mass is 375 g/mol. The fourth-order valence-electron chi connectivity index (χ4n) is 2.40. The van der Waals surface area contributed by atoms with Crippen molar-refractivity contribution < 1.29 is 19.1 Å². The lowest BCUT2D eigenvalue weighted by Gasteiger charge is -2.13. The zero-order valence-electron chi connectivity index (χ0n) is 12.1. The Morgan fingerprint density at radius 1 is 1.17 bits per heavy atom. The van der Waals surface area contributed by atoms with Gasteiger partial charge in [0.2, 0.25) is 0 Å². The maximum atomic E-state index is 12.1. The molecule has 0 radical (unpaired) electrons. The molecule has 6 heteroatoms. The number of ether oxygens (including phenoxy) is 2. The molecule has 1 fully saturated rings. The van der Waals surface area contributed by atoms with Gasteiger partial charge in [-0.1, -0.05) is 34.1 Å². The van der Waals surface area contributed by atoms with Crippen molar-refractivity contribution in [3.63, 3.8) is 0 Å². The Hall–Kier alpha value is -2.34. The van der Waals surface area contributed by atoms with Gasteiger partial charge in [0.1, 0.15) is 5.75 Å². The van der Waals surface area contributed by atoms with E-state index >= 15 is 0 Å². The summed E-state index contributed by atoms with van der Waals surface area (Å²) in [6.07, 6.45) is -0.278. The predicted molar refractivity (Wildman–Crippen MR) is 88.5 cm³/mol.